The molecule has 2 heterocycles. The van der Waals surface area contributed by atoms with Gasteiger partial charge >= 0.3 is 0 Å². The number of hydrogen-bond acceptors (Lipinski definition) is 5. The minimum absolute atomic E-state index is 0.192. The fraction of sp³-hybridized carbons (Fsp3) is 0.143. The number of phenols is 1. The van der Waals surface area contributed by atoms with E-state index in [2.05, 4.69) is 58.8 Å². The maximum atomic E-state index is 10.1. The smallest absolute Gasteiger partial charge is 0.143 e. The SMILES string of the molecule is CC(C)c1ccc(-c2csc3ncnc(Nc4ccccc4O)c23)cc1. The highest BCUT2D eigenvalue weighted by molar-refractivity contribution is 7.17. The van der Waals surface area contributed by atoms with Gasteiger partial charge in [-0.3, -0.25) is 0 Å². The number of anilines is 2. The number of aromatic nitrogens is 2. The lowest BCUT2D eigenvalue weighted by Gasteiger charge is -2.10. The number of nitrogens with zero attached hydrogens (tertiary/aromatic N) is 2. The normalized spacial score (nSPS) is 11.2. The molecule has 0 saturated carbocycles. The van der Waals surface area contributed by atoms with Crippen LogP contribution in [0.5, 0.6) is 5.75 Å². The van der Waals surface area contributed by atoms with Crippen molar-refractivity contribution in [1.82, 2.24) is 9.97 Å². The zero-order valence-corrected chi connectivity index (χ0v) is 15.4. The third-order valence-corrected chi connectivity index (χ3v) is 5.30. The minimum Gasteiger partial charge on any atom is -0.506 e. The number of nitrogens with one attached hydrogen (secondary N) is 1. The third-order valence-electron chi connectivity index (χ3n) is 4.42. The van der Waals surface area contributed by atoms with Crippen molar-refractivity contribution in [2.24, 2.45) is 0 Å². The van der Waals surface area contributed by atoms with E-state index in [9.17, 15) is 5.11 Å². The van der Waals surface area contributed by atoms with Gasteiger partial charge in [0.15, 0.2) is 0 Å². The van der Waals surface area contributed by atoms with Gasteiger partial charge in [0.2, 0.25) is 0 Å². The molecule has 26 heavy (non-hydrogen) atoms. The fourth-order valence-electron chi connectivity index (χ4n) is 2.94. The third kappa shape index (κ3) is 3.02. The summed E-state index contributed by atoms with van der Waals surface area (Å²) >= 11 is 1.59. The molecule has 2 aromatic carbocycles. The number of benzene rings is 2. The van der Waals surface area contributed by atoms with Gasteiger partial charge < -0.3 is 10.4 Å². The summed E-state index contributed by atoms with van der Waals surface area (Å²) in [5.41, 5.74) is 4.17. The van der Waals surface area contributed by atoms with Crippen LogP contribution in [0.4, 0.5) is 11.5 Å². The Labute approximate surface area is 156 Å². The molecule has 0 fully saturated rings. The van der Waals surface area contributed by atoms with Crippen LogP contribution in [0.3, 0.4) is 0 Å². The van der Waals surface area contributed by atoms with Crippen molar-refractivity contribution in [1.29, 1.82) is 0 Å². The average molecular weight is 361 g/mol. The lowest BCUT2D eigenvalue weighted by atomic mass is 9.99. The van der Waals surface area contributed by atoms with Crippen molar-refractivity contribution < 1.29 is 5.11 Å². The molecule has 0 aliphatic carbocycles. The Morgan fingerprint density at radius 3 is 2.50 bits per heavy atom. The van der Waals surface area contributed by atoms with Gasteiger partial charge in [-0.1, -0.05) is 50.2 Å². The van der Waals surface area contributed by atoms with Crippen molar-refractivity contribution >= 4 is 33.1 Å². The van der Waals surface area contributed by atoms with Gasteiger partial charge in [-0.05, 0) is 29.2 Å². The van der Waals surface area contributed by atoms with Crippen LogP contribution in [0.25, 0.3) is 21.3 Å². The summed E-state index contributed by atoms with van der Waals surface area (Å²) in [4.78, 5) is 9.74. The lowest BCUT2D eigenvalue weighted by Crippen LogP contribution is -1.96. The second-order valence-corrected chi connectivity index (χ2v) is 7.33. The van der Waals surface area contributed by atoms with E-state index in [4.69, 9.17) is 0 Å². The summed E-state index contributed by atoms with van der Waals surface area (Å²) in [6.45, 7) is 4.38. The Hall–Kier alpha value is -2.92. The summed E-state index contributed by atoms with van der Waals surface area (Å²) < 4.78 is 0. The van der Waals surface area contributed by atoms with Gasteiger partial charge in [0, 0.05) is 10.9 Å². The first-order valence-corrected chi connectivity index (χ1v) is 9.39. The molecule has 0 spiro atoms. The molecule has 0 bridgehead atoms. The Morgan fingerprint density at radius 2 is 1.77 bits per heavy atom. The predicted octanol–water partition coefficient (Wildman–Crippen LogP) is 5.93. The molecule has 0 saturated heterocycles. The fourth-order valence-corrected chi connectivity index (χ4v) is 3.85. The number of phenolic OH excluding ortho intramolecular Hbond substituents is 1. The molecule has 2 aromatic heterocycles. The van der Waals surface area contributed by atoms with E-state index in [1.807, 2.05) is 12.1 Å². The summed E-state index contributed by atoms with van der Waals surface area (Å²) in [7, 11) is 0. The number of thiophene rings is 1. The van der Waals surface area contributed by atoms with E-state index in [1.54, 1.807) is 29.8 Å². The zero-order chi connectivity index (χ0) is 18.1. The molecule has 4 aromatic rings. The standard InChI is InChI=1S/C21H19N3OS/c1-13(2)14-7-9-15(10-8-14)16-11-26-21-19(16)20(22-12-23-21)24-17-5-3-4-6-18(17)25/h3-13,25H,1-2H3,(H,22,23,24). The first-order valence-electron chi connectivity index (χ1n) is 8.51. The monoisotopic (exact) mass is 361 g/mol. The van der Waals surface area contributed by atoms with E-state index >= 15 is 0 Å². The number of rotatable bonds is 4. The molecule has 2 N–H and O–H groups in total. The first kappa shape index (κ1) is 16.5. The molecular weight excluding hydrogens is 342 g/mol. The highest BCUT2D eigenvalue weighted by Gasteiger charge is 2.14. The van der Waals surface area contributed by atoms with E-state index in [1.165, 1.54) is 5.56 Å². The van der Waals surface area contributed by atoms with Crippen LogP contribution in [0.1, 0.15) is 25.3 Å². The van der Waals surface area contributed by atoms with Gasteiger partial charge in [0.05, 0.1) is 11.1 Å². The predicted molar refractivity (Wildman–Crippen MR) is 108 cm³/mol. The van der Waals surface area contributed by atoms with E-state index in [-0.39, 0.29) is 5.75 Å². The molecule has 130 valence electrons. The first-order chi connectivity index (χ1) is 12.6. The van der Waals surface area contributed by atoms with Crippen LogP contribution in [0.15, 0.2) is 60.2 Å². The molecule has 0 atom stereocenters. The van der Waals surface area contributed by atoms with Crippen LogP contribution >= 0.6 is 11.3 Å². The Bertz CT molecular complexity index is 1050. The number of aromatic hydroxyl groups is 1. The highest BCUT2D eigenvalue weighted by atomic mass is 32.1. The van der Waals surface area contributed by atoms with Crippen molar-refractivity contribution in [3.8, 4) is 16.9 Å². The summed E-state index contributed by atoms with van der Waals surface area (Å²) in [6.07, 6.45) is 1.55. The van der Waals surface area contributed by atoms with Gasteiger partial charge in [-0.2, -0.15) is 0 Å². The van der Waals surface area contributed by atoms with Crippen LogP contribution in [0.2, 0.25) is 0 Å². The summed E-state index contributed by atoms with van der Waals surface area (Å²) in [5, 5.41) is 16.4. The van der Waals surface area contributed by atoms with E-state index < -0.39 is 0 Å². The molecule has 4 nitrogen and oxygen atoms in total. The molecule has 0 amide bonds. The van der Waals surface area contributed by atoms with Crippen molar-refractivity contribution in [3.05, 3.63) is 65.8 Å². The van der Waals surface area contributed by atoms with Crippen molar-refractivity contribution in [3.63, 3.8) is 0 Å². The van der Waals surface area contributed by atoms with Crippen LogP contribution < -0.4 is 5.32 Å². The highest BCUT2D eigenvalue weighted by Crippen LogP contribution is 2.38. The molecule has 0 aliphatic rings. The maximum Gasteiger partial charge on any atom is 0.143 e. The topological polar surface area (TPSA) is 58.0 Å². The van der Waals surface area contributed by atoms with Gasteiger partial charge in [0.25, 0.3) is 0 Å². The number of fused-ring (bicyclic) bond motifs is 1. The molecule has 5 heteroatoms. The molecule has 0 aliphatic heterocycles. The number of hydrogen-bond donors (Lipinski definition) is 2. The zero-order valence-electron chi connectivity index (χ0n) is 14.6. The molecule has 0 unspecified atom stereocenters. The van der Waals surface area contributed by atoms with E-state index in [0.29, 0.717) is 17.4 Å². The largest absolute Gasteiger partial charge is 0.506 e. The minimum atomic E-state index is 0.192. The Morgan fingerprint density at radius 1 is 1.00 bits per heavy atom. The maximum absolute atomic E-state index is 10.1. The average Bonchev–Trinajstić information content (AvgIpc) is 3.09. The quantitative estimate of drug-likeness (QED) is 0.442. The van der Waals surface area contributed by atoms with Gasteiger partial charge in [-0.15, -0.1) is 11.3 Å². The lowest BCUT2D eigenvalue weighted by molar-refractivity contribution is 0.478. The van der Waals surface area contributed by atoms with Crippen molar-refractivity contribution in [2.45, 2.75) is 19.8 Å². The van der Waals surface area contributed by atoms with Crippen LogP contribution in [-0.2, 0) is 0 Å². The Kier molecular flexibility index (Phi) is 4.31. The number of para-hydroxylation sites is 2. The van der Waals surface area contributed by atoms with Crippen LogP contribution in [-0.4, -0.2) is 15.1 Å². The second kappa shape index (κ2) is 6.77. The molecule has 0 radical (unpaired) electrons. The van der Waals surface area contributed by atoms with Crippen molar-refractivity contribution in [2.75, 3.05) is 5.32 Å². The van der Waals surface area contributed by atoms with Gasteiger partial charge in [0.1, 0.15) is 22.7 Å². The summed E-state index contributed by atoms with van der Waals surface area (Å²) in [6, 6.07) is 15.8. The van der Waals surface area contributed by atoms with Gasteiger partial charge in [-0.25, -0.2) is 9.97 Å². The van der Waals surface area contributed by atoms with Crippen LogP contribution in [0, 0.1) is 0 Å². The Balaban J connectivity index is 1.81. The molecule has 4 rings (SSSR count). The second-order valence-electron chi connectivity index (χ2n) is 6.47. The van der Waals surface area contributed by atoms with E-state index in [0.717, 1.165) is 21.3 Å². The molecular formula is C21H19N3OS. The summed E-state index contributed by atoms with van der Waals surface area (Å²) in [5.74, 6) is 1.39.